The molecule has 5 heteroatoms. The SMILES string of the molecule is CCc1ccc2c(c1)nc(Cn1c(=O)cc(C)c3ccccc31)n2CCCCO. The lowest BCUT2D eigenvalue weighted by Crippen LogP contribution is -2.23. The smallest absolute Gasteiger partial charge is 0.251 e. The number of aliphatic hydroxyl groups is 1. The number of rotatable bonds is 7. The minimum Gasteiger partial charge on any atom is -0.396 e. The molecule has 2 aromatic carbocycles. The largest absolute Gasteiger partial charge is 0.396 e. The molecule has 0 saturated carbocycles. The lowest BCUT2D eigenvalue weighted by atomic mass is 10.1. The first kappa shape index (κ1) is 19.4. The van der Waals surface area contributed by atoms with Crippen LogP contribution in [0.1, 0.15) is 36.7 Å². The van der Waals surface area contributed by atoms with Crippen molar-refractivity contribution in [1.82, 2.24) is 14.1 Å². The molecule has 150 valence electrons. The Labute approximate surface area is 170 Å². The molecule has 0 bridgehead atoms. The van der Waals surface area contributed by atoms with Gasteiger partial charge in [0.15, 0.2) is 0 Å². The van der Waals surface area contributed by atoms with Crippen molar-refractivity contribution in [3.8, 4) is 0 Å². The van der Waals surface area contributed by atoms with E-state index in [4.69, 9.17) is 4.98 Å². The number of aryl methyl sites for hydroxylation is 3. The van der Waals surface area contributed by atoms with E-state index >= 15 is 0 Å². The average Bonchev–Trinajstić information content (AvgIpc) is 3.07. The third kappa shape index (κ3) is 3.70. The zero-order chi connectivity index (χ0) is 20.4. The van der Waals surface area contributed by atoms with Gasteiger partial charge in [0.05, 0.1) is 23.1 Å². The van der Waals surface area contributed by atoms with Gasteiger partial charge in [-0.05, 0) is 55.5 Å². The van der Waals surface area contributed by atoms with Crippen molar-refractivity contribution in [2.24, 2.45) is 0 Å². The molecule has 0 unspecified atom stereocenters. The van der Waals surface area contributed by atoms with Gasteiger partial charge in [0, 0.05) is 24.6 Å². The highest BCUT2D eigenvalue weighted by Crippen LogP contribution is 2.22. The third-order valence-corrected chi connectivity index (χ3v) is 5.62. The van der Waals surface area contributed by atoms with Gasteiger partial charge in [0.2, 0.25) is 0 Å². The number of hydrogen-bond acceptors (Lipinski definition) is 3. The van der Waals surface area contributed by atoms with Crippen molar-refractivity contribution in [3.05, 3.63) is 75.8 Å². The average molecular weight is 389 g/mol. The highest BCUT2D eigenvalue weighted by molar-refractivity contribution is 5.82. The summed E-state index contributed by atoms with van der Waals surface area (Å²) in [5, 5.41) is 10.3. The summed E-state index contributed by atoms with van der Waals surface area (Å²) in [5.74, 6) is 0.877. The first-order valence-electron chi connectivity index (χ1n) is 10.3. The van der Waals surface area contributed by atoms with Crippen LogP contribution in [-0.4, -0.2) is 25.8 Å². The van der Waals surface area contributed by atoms with Gasteiger partial charge in [-0.25, -0.2) is 4.98 Å². The van der Waals surface area contributed by atoms with Crippen molar-refractivity contribution in [2.45, 2.75) is 46.2 Å². The Balaban J connectivity index is 1.84. The van der Waals surface area contributed by atoms with Gasteiger partial charge >= 0.3 is 0 Å². The van der Waals surface area contributed by atoms with Crippen LogP contribution in [0.25, 0.3) is 21.9 Å². The molecule has 0 fully saturated rings. The molecule has 0 aliphatic carbocycles. The van der Waals surface area contributed by atoms with Gasteiger partial charge in [-0.1, -0.05) is 31.2 Å². The molecule has 0 aliphatic rings. The number of para-hydroxylation sites is 1. The van der Waals surface area contributed by atoms with Crippen LogP contribution < -0.4 is 5.56 Å². The van der Waals surface area contributed by atoms with Crippen LogP contribution in [0.15, 0.2) is 53.3 Å². The van der Waals surface area contributed by atoms with E-state index in [1.165, 1.54) is 5.56 Å². The van der Waals surface area contributed by atoms with Gasteiger partial charge in [0.25, 0.3) is 5.56 Å². The van der Waals surface area contributed by atoms with E-state index in [2.05, 4.69) is 35.8 Å². The van der Waals surface area contributed by atoms with E-state index in [1.807, 2.05) is 29.7 Å². The summed E-state index contributed by atoms with van der Waals surface area (Å²) in [5.41, 5.74) is 5.21. The van der Waals surface area contributed by atoms with E-state index < -0.39 is 0 Å². The zero-order valence-electron chi connectivity index (χ0n) is 17.1. The number of nitrogens with zero attached hydrogens (tertiary/aromatic N) is 3. The van der Waals surface area contributed by atoms with E-state index in [9.17, 15) is 9.90 Å². The summed E-state index contributed by atoms with van der Waals surface area (Å²) in [6.07, 6.45) is 2.58. The molecule has 0 amide bonds. The third-order valence-electron chi connectivity index (χ3n) is 5.62. The van der Waals surface area contributed by atoms with Crippen LogP contribution in [0.5, 0.6) is 0 Å². The summed E-state index contributed by atoms with van der Waals surface area (Å²) in [4.78, 5) is 17.7. The minimum atomic E-state index is -0.00980. The zero-order valence-corrected chi connectivity index (χ0v) is 17.1. The first-order valence-corrected chi connectivity index (χ1v) is 10.3. The number of imidazole rings is 1. The molecule has 0 atom stereocenters. The van der Waals surface area contributed by atoms with Gasteiger partial charge in [-0.15, -0.1) is 0 Å². The number of pyridine rings is 1. The molecule has 2 aromatic heterocycles. The second-order valence-electron chi connectivity index (χ2n) is 7.56. The summed E-state index contributed by atoms with van der Waals surface area (Å²) >= 11 is 0. The molecule has 29 heavy (non-hydrogen) atoms. The molecule has 0 aliphatic heterocycles. The molecule has 5 nitrogen and oxygen atoms in total. The maximum absolute atomic E-state index is 12.8. The number of hydrogen-bond donors (Lipinski definition) is 1. The van der Waals surface area contributed by atoms with E-state index in [1.54, 1.807) is 6.07 Å². The number of unbranched alkanes of at least 4 members (excludes halogenated alkanes) is 1. The topological polar surface area (TPSA) is 60.0 Å². The predicted molar refractivity (Wildman–Crippen MR) is 117 cm³/mol. The number of aliphatic hydroxyl groups excluding tert-OH is 1. The van der Waals surface area contributed by atoms with Crippen LogP contribution in [-0.2, 0) is 19.5 Å². The molecule has 4 aromatic rings. The molecular weight excluding hydrogens is 362 g/mol. The maximum atomic E-state index is 12.8. The first-order chi connectivity index (χ1) is 14.1. The molecule has 4 rings (SSSR count). The second-order valence-corrected chi connectivity index (χ2v) is 7.56. The molecular formula is C24H27N3O2. The lowest BCUT2D eigenvalue weighted by molar-refractivity contribution is 0.281. The highest BCUT2D eigenvalue weighted by Gasteiger charge is 2.14. The van der Waals surface area contributed by atoms with Crippen molar-refractivity contribution in [2.75, 3.05) is 6.61 Å². The van der Waals surface area contributed by atoms with Gasteiger partial charge < -0.3 is 14.2 Å². The van der Waals surface area contributed by atoms with Crippen LogP contribution in [0.2, 0.25) is 0 Å². The Hall–Kier alpha value is -2.92. The summed E-state index contributed by atoms with van der Waals surface area (Å²) in [7, 11) is 0. The Morgan fingerprint density at radius 1 is 1.00 bits per heavy atom. The lowest BCUT2D eigenvalue weighted by Gasteiger charge is -2.14. The van der Waals surface area contributed by atoms with Gasteiger partial charge in [-0.3, -0.25) is 4.79 Å². The summed E-state index contributed by atoms with van der Waals surface area (Å²) in [6, 6.07) is 16.1. The normalized spacial score (nSPS) is 11.6. The molecule has 0 radical (unpaired) electrons. The second kappa shape index (κ2) is 8.21. The summed E-state index contributed by atoms with van der Waals surface area (Å²) in [6.45, 7) is 5.50. The van der Waals surface area contributed by atoms with E-state index in [0.29, 0.717) is 6.54 Å². The van der Waals surface area contributed by atoms with Crippen LogP contribution in [0.3, 0.4) is 0 Å². The van der Waals surface area contributed by atoms with Crippen LogP contribution >= 0.6 is 0 Å². The molecule has 0 spiro atoms. The van der Waals surface area contributed by atoms with Crippen molar-refractivity contribution < 1.29 is 5.11 Å². The van der Waals surface area contributed by atoms with E-state index in [0.717, 1.165) is 59.1 Å². The Kier molecular flexibility index (Phi) is 5.49. The Morgan fingerprint density at radius 2 is 1.83 bits per heavy atom. The van der Waals surface area contributed by atoms with Crippen LogP contribution in [0, 0.1) is 6.92 Å². The fraction of sp³-hybridized carbons (Fsp3) is 0.333. The quantitative estimate of drug-likeness (QED) is 0.485. The highest BCUT2D eigenvalue weighted by atomic mass is 16.2. The molecule has 1 N–H and O–H groups in total. The van der Waals surface area contributed by atoms with Gasteiger partial charge in [-0.2, -0.15) is 0 Å². The van der Waals surface area contributed by atoms with Crippen LogP contribution in [0.4, 0.5) is 0 Å². The Morgan fingerprint density at radius 3 is 2.62 bits per heavy atom. The number of aromatic nitrogens is 3. The molecule has 0 saturated heterocycles. The predicted octanol–water partition coefficient (Wildman–Crippen LogP) is 4.04. The van der Waals surface area contributed by atoms with Crippen molar-refractivity contribution in [3.63, 3.8) is 0 Å². The Bertz CT molecular complexity index is 1220. The molecule has 2 heterocycles. The monoisotopic (exact) mass is 389 g/mol. The van der Waals surface area contributed by atoms with Gasteiger partial charge in [0.1, 0.15) is 5.82 Å². The summed E-state index contributed by atoms with van der Waals surface area (Å²) < 4.78 is 4.01. The number of benzene rings is 2. The fourth-order valence-corrected chi connectivity index (χ4v) is 4.00. The maximum Gasteiger partial charge on any atom is 0.251 e. The standard InChI is InChI=1S/C24H27N3O2/c1-3-18-10-11-22-20(15-18)25-23(26(22)12-6-7-13-28)16-27-21-9-5-4-8-19(21)17(2)14-24(27)29/h4-5,8-11,14-15,28H,3,6-7,12-13,16H2,1-2H3. The fourth-order valence-electron chi connectivity index (χ4n) is 4.00. The minimum absolute atomic E-state index is 0.00980. The van der Waals surface area contributed by atoms with Crippen molar-refractivity contribution in [1.29, 1.82) is 0 Å². The van der Waals surface area contributed by atoms with Crippen molar-refractivity contribution >= 4 is 21.9 Å². The number of fused-ring (bicyclic) bond motifs is 2. The van der Waals surface area contributed by atoms with E-state index in [-0.39, 0.29) is 12.2 Å².